The SMILES string of the molecule is O=C1CC(Oc2ccc(F)c(Br)c2)C12CCCCCC2. The van der Waals surface area contributed by atoms with E-state index in [4.69, 9.17) is 4.74 Å². The van der Waals surface area contributed by atoms with Crippen LogP contribution in [0.2, 0.25) is 0 Å². The maximum absolute atomic E-state index is 13.2. The number of rotatable bonds is 2. The number of carbonyl (C=O) groups is 1. The summed E-state index contributed by atoms with van der Waals surface area (Å²) in [4.78, 5) is 12.1. The summed E-state index contributed by atoms with van der Waals surface area (Å²) in [5.74, 6) is 0.691. The monoisotopic (exact) mass is 340 g/mol. The van der Waals surface area contributed by atoms with Crippen LogP contribution in [-0.4, -0.2) is 11.9 Å². The molecule has 0 heterocycles. The molecule has 4 heteroatoms. The van der Waals surface area contributed by atoms with Gasteiger partial charge in [-0.05, 0) is 47.0 Å². The van der Waals surface area contributed by atoms with Gasteiger partial charge < -0.3 is 4.74 Å². The minimum atomic E-state index is -0.300. The second kappa shape index (κ2) is 5.47. The van der Waals surface area contributed by atoms with Crippen LogP contribution in [0.5, 0.6) is 5.75 Å². The number of ether oxygens (including phenoxy) is 1. The third-order valence-corrected chi connectivity index (χ3v) is 5.32. The van der Waals surface area contributed by atoms with Gasteiger partial charge in [-0.2, -0.15) is 0 Å². The second-order valence-electron chi connectivity index (χ2n) is 5.88. The van der Waals surface area contributed by atoms with E-state index in [0.29, 0.717) is 22.4 Å². The Hall–Kier alpha value is -0.900. The van der Waals surface area contributed by atoms with Crippen LogP contribution in [0.3, 0.4) is 0 Å². The zero-order chi connectivity index (χ0) is 14.2. The summed E-state index contributed by atoms with van der Waals surface area (Å²) in [5, 5.41) is 0. The molecule has 1 unspecified atom stereocenters. The third-order valence-electron chi connectivity index (χ3n) is 4.71. The summed E-state index contributed by atoms with van der Waals surface area (Å²) in [6.07, 6.45) is 6.99. The average molecular weight is 341 g/mol. The predicted molar refractivity (Wildman–Crippen MR) is 78.3 cm³/mol. The van der Waals surface area contributed by atoms with Crippen LogP contribution in [0.1, 0.15) is 44.9 Å². The lowest BCUT2D eigenvalue weighted by atomic mass is 9.60. The number of carbonyl (C=O) groups excluding carboxylic acids is 1. The number of hydrogen-bond acceptors (Lipinski definition) is 2. The molecule has 2 aliphatic carbocycles. The van der Waals surface area contributed by atoms with Gasteiger partial charge in [-0.1, -0.05) is 25.7 Å². The van der Waals surface area contributed by atoms with Crippen molar-refractivity contribution < 1.29 is 13.9 Å². The van der Waals surface area contributed by atoms with E-state index in [1.165, 1.54) is 18.9 Å². The van der Waals surface area contributed by atoms with E-state index < -0.39 is 0 Å². The molecule has 0 bridgehead atoms. The topological polar surface area (TPSA) is 26.3 Å². The molecule has 2 aliphatic rings. The van der Waals surface area contributed by atoms with Crippen molar-refractivity contribution in [1.29, 1.82) is 0 Å². The first kappa shape index (κ1) is 14.1. The van der Waals surface area contributed by atoms with E-state index in [1.807, 2.05) is 0 Å². The lowest BCUT2D eigenvalue weighted by Gasteiger charge is -2.47. The first-order valence-corrected chi connectivity index (χ1v) is 8.06. The maximum Gasteiger partial charge on any atom is 0.146 e. The molecule has 0 aliphatic heterocycles. The molecule has 20 heavy (non-hydrogen) atoms. The van der Waals surface area contributed by atoms with Gasteiger partial charge in [0, 0.05) is 6.42 Å². The molecule has 0 N–H and O–H groups in total. The Labute approximate surface area is 126 Å². The van der Waals surface area contributed by atoms with E-state index in [0.717, 1.165) is 25.7 Å². The maximum atomic E-state index is 13.2. The Morgan fingerprint density at radius 2 is 1.90 bits per heavy atom. The number of halogens is 2. The van der Waals surface area contributed by atoms with E-state index in [9.17, 15) is 9.18 Å². The number of hydrogen-bond donors (Lipinski definition) is 0. The summed E-state index contributed by atoms with van der Waals surface area (Å²) in [6.45, 7) is 0. The Kier molecular flexibility index (Phi) is 3.85. The molecule has 0 amide bonds. The van der Waals surface area contributed by atoms with E-state index in [-0.39, 0.29) is 17.3 Å². The van der Waals surface area contributed by atoms with Crippen molar-refractivity contribution in [3.63, 3.8) is 0 Å². The smallest absolute Gasteiger partial charge is 0.146 e. The van der Waals surface area contributed by atoms with Crippen molar-refractivity contribution >= 4 is 21.7 Å². The van der Waals surface area contributed by atoms with E-state index in [2.05, 4.69) is 15.9 Å². The standard InChI is InChI=1S/C16H18BrFO2/c17-12-9-11(5-6-13(12)18)20-15-10-14(19)16(15)7-3-1-2-4-8-16/h5-6,9,15H,1-4,7-8,10H2. The van der Waals surface area contributed by atoms with Gasteiger partial charge in [-0.15, -0.1) is 0 Å². The molecule has 0 saturated heterocycles. The highest BCUT2D eigenvalue weighted by Crippen LogP contribution is 2.49. The van der Waals surface area contributed by atoms with E-state index >= 15 is 0 Å². The highest BCUT2D eigenvalue weighted by atomic mass is 79.9. The Balaban J connectivity index is 1.76. The Morgan fingerprint density at radius 3 is 2.50 bits per heavy atom. The average Bonchev–Trinajstić information content (AvgIpc) is 2.70. The molecule has 1 spiro atoms. The largest absolute Gasteiger partial charge is 0.489 e. The first-order valence-electron chi connectivity index (χ1n) is 7.27. The quantitative estimate of drug-likeness (QED) is 0.783. The Morgan fingerprint density at radius 1 is 1.20 bits per heavy atom. The molecule has 2 nitrogen and oxygen atoms in total. The first-order chi connectivity index (χ1) is 9.62. The zero-order valence-electron chi connectivity index (χ0n) is 11.3. The van der Waals surface area contributed by atoms with Crippen LogP contribution in [0.25, 0.3) is 0 Å². The second-order valence-corrected chi connectivity index (χ2v) is 6.73. The van der Waals surface area contributed by atoms with Gasteiger partial charge in [0.15, 0.2) is 0 Å². The minimum Gasteiger partial charge on any atom is -0.489 e. The van der Waals surface area contributed by atoms with E-state index in [1.54, 1.807) is 12.1 Å². The molecule has 0 aromatic heterocycles. The van der Waals surface area contributed by atoms with Crippen molar-refractivity contribution in [3.8, 4) is 5.75 Å². The van der Waals surface area contributed by atoms with Crippen molar-refractivity contribution in [1.82, 2.24) is 0 Å². The summed E-state index contributed by atoms with van der Waals surface area (Å²) in [6, 6.07) is 4.66. The van der Waals surface area contributed by atoms with Gasteiger partial charge in [-0.3, -0.25) is 4.79 Å². The summed E-state index contributed by atoms with van der Waals surface area (Å²) < 4.78 is 19.6. The molecular formula is C16H18BrFO2. The summed E-state index contributed by atoms with van der Waals surface area (Å²) in [7, 11) is 0. The molecular weight excluding hydrogens is 323 g/mol. The summed E-state index contributed by atoms with van der Waals surface area (Å²) >= 11 is 3.17. The molecule has 0 radical (unpaired) electrons. The number of Topliss-reactive ketones (excluding diaryl/α,β-unsaturated/α-hetero) is 1. The fourth-order valence-electron chi connectivity index (χ4n) is 3.44. The van der Waals surface area contributed by atoms with Crippen LogP contribution >= 0.6 is 15.9 Å². The van der Waals surface area contributed by atoms with Crippen LogP contribution in [0.4, 0.5) is 4.39 Å². The number of ketones is 1. The van der Waals surface area contributed by atoms with Gasteiger partial charge in [-0.25, -0.2) is 4.39 Å². The summed E-state index contributed by atoms with van der Waals surface area (Å²) in [5.41, 5.74) is -0.267. The van der Waals surface area contributed by atoms with Crippen LogP contribution in [0.15, 0.2) is 22.7 Å². The molecule has 2 fully saturated rings. The number of benzene rings is 1. The van der Waals surface area contributed by atoms with Crippen molar-refractivity contribution in [2.24, 2.45) is 5.41 Å². The zero-order valence-corrected chi connectivity index (χ0v) is 12.9. The third kappa shape index (κ3) is 2.39. The fourth-order valence-corrected chi connectivity index (χ4v) is 3.80. The van der Waals surface area contributed by atoms with Crippen LogP contribution in [0, 0.1) is 11.2 Å². The van der Waals surface area contributed by atoms with Gasteiger partial charge in [0.2, 0.25) is 0 Å². The predicted octanol–water partition coefficient (Wildman–Crippen LogP) is 4.65. The van der Waals surface area contributed by atoms with Crippen molar-refractivity contribution in [2.75, 3.05) is 0 Å². The van der Waals surface area contributed by atoms with Crippen LogP contribution in [-0.2, 0) is 4.79 Å². The molecule has 108 valence electrons. The lowest BCUT2D eigenvalue weighted by molar-refractivity contribution is -0.154. The lowest BCUT2D eigenvalue weighted by Crippen LogP contribution is -2.56. The molecule has 3 rings (SSSR count). The van der Waals surface area contributed by atoms with Gasteiger partial charge in [0.05, 0.1) is 9.89 Å². The van der Waals surface area contributed by atoms with Crippen molar-refractivity contribution in [2.45, 2.75) is 51.0 Å². The van der Waals surface area contributed by atoms with Gasteiger partial charge in [0.1, 0.15) is 23.5 Å². The molecule has 1 atom stereocenters. The van der Waals surface area contributed by atoms with Gasteiger partial charge >= 0.3 is 0 Å². The molecule has 1 aromatic rings. The van der Waals surface area contributed by atoms with Gasteiger partial charge in [0.25, 0.3) is 0 Å². The fraction of sp³-hybridized carbons (Fsp3) is 0.562. The molecule has 2 saturated carbocycles. The Bertz CT molecular complexity index is 521. The minimum absolute atomic E-state index is 0.0366. The highest BCUT2D eigenvalue weighted by Gasteiger charge is 2.55. The molecule has 1 aromatic carbocycles. The normalized spacial score (nSPS) is 25.1. The van der Waals surface area contributed by atoms with Crippen LogP contribution < -0.4 is 4.74 Å². The van der Waals surface area contributed by atoms with Crippen molar-refractivity contribution in [3.05, 3.63) is 28.5 Å². The highest BCUT2D eigenvalue weighted by molar-refractivity contribution is 9.10.